The molecule has 0 aliphatic heterocycles. The fraction of sp³-hybridized carbons (Fsp3) is 0.235. The van der Waals surface area contributed by atoms with Crippen molar-refractivity contribution >= 4 is 33.8 Å². The fourth-order valence-electron chi connectivity index (χ4n) is 3.06. The second-order valence-corrected chi connectivity index (χ2v) is 6.16. The molecular weight excluding hydrogens is 348 g/mol. The molecule has 27 heavy (non-hydrogen) atoms. The molecule has 0 aliphatic carbocycles. The van der Waals surface area contributed by atoms with Crippen molar-refractivity contribution in [3.8, 4) is 11.3 Å². The highest BCUT2D eigenvalue weighted by Crippen LogP contribution is 2.31. The summed E-state index contributed by atoms with van der Waals surface area (Å²) in [6, 6.07) is 3.93. The number of carbonyl (C=O) groups excluding carboxylic acids is 1. The van der Waals surface area contributed by atoms with Crippen LogP contribution in [-0.2, 0) is 11.3 Å². The lowest BCUT2D eigenvalue weighted by molar-refractivity contribution is -0.129. The first-order valence-electron chi connectivity index (χ1n) is 8.51. The van der Waals surface area contributed by atoms with Crippen LogP contribution in [0, 0.1) is 0 Å². The summed E-state index contributed by atoms with van der Waals surface area (Å²) < 4.78 is 1.76. The van der Waals surface area contributed by atoms with Gasteiger partial charge in [-0.1, -0.05) is 0 Å². The summed E-state index contributed by atoms with van der Waals surface area (Å²) in [7, 11) is 0. The molecule has 0 aromatic carbocycles. The van der Waals surface area contributed by atoms with E-state index < -0.39 is 5.91 Å². The Morgan fingerprint density at radius 1 is 1.30 bits per heavy atom. The fourth-order valence-corrected chi connectivity index (χ4v) is 3.06. The van der Waals surface area contributed by atoms with Crippen molar-refractivity contribution < 1.29 is 10.0 Å². The molecule has 0 spiro atoms. The van der Waals surface area contributed by atoms with E-state index in [9.17, 15) is 4.79 Å². The number of anilines is 1. The molecule has 10 heteroatoms. The lowest BCUT2D eigenvalue weighted by Gasteiger charge is -2.02. The Balaban J connectivity index is 1.69. The Labute approximate surface area is 153 Å². The number of H-pyrrole nitrogens is 1. The number of nitrogens with one attached hydrogen (secondary N) is 2. The third-order valence-electron chi connectivity index (χ3n) is 4.38. The van der Waals surface area contributed by atoms with Gasteiger partial charge in [-0.25, -0.2) is 25.1 Å². The highest BCUT2D eigenvalue weighted by atomic mass is 16.5. The Bertz CT molecular complexity index is 1120. The van der Waals surface area contributed by atoms with E-state index in [2.05, 4.69) is 25.0 Å². The minimum atomic E-state index is -0.404. The molecule has 10 nitrogen and oxygen atoms in total. The summed E-state index contributed by atoms with van der Waals surface area (Å²) in [5.74, 6) is -0.0477. The van der Waals surface area contributed by atoms with Gasteiger partial charge in [0.05, 0.1) is 5.39 Å². The van der Waals surface area contributed by atoms with Gasteiger partial charge in [0.15, 0.2) is 5.65 Å². The minimum absolute atomic E-state index is 0.244. The summed E-state index contributed by atoms with van der Waals surface area (Å²) in [4.78, 5) is 27.0. The summed E-state index contributed by atoms with van der Waals surface area (Å²) in [6.07, 6.45) is 6.53. The molecule has 0 atom stereocenters. The zero-order valence-electron chi connectivity index (χ0n) is 14.4. The number of nitrogen functional groups attached to an aromatic ring is 1. The van der Waals surface area contributed by atoms with Crippen LogP contribution >= 0.6 is 0 Å². The number of nitrogens with zero attached hydrogens (tertiary/aromatic N) is 5. The Morgan fingerprint density at radius 3 is 3.04 bits per heavy atom. The van der Waals surface area contributed by atoms with E-state index in [1.54, 1.807) is 16.4 Å². The molecule has 0 saturated heterocycles. The van der Waals surface area contributed by atoms with Gasteiger partial charge in [-0.15, -0.1) is 0 Å². The van der Waals surface area contributed by atoms with Gasteiger partial charge in [0.25, 0.3) is 0 Å². The number of fused-ring (bicyclic) bond motifs is 2. The van der Waals surface area contributed by atoms with E-state index in [0.717, 1.165) is 16.6 Å². The molecular formula is C17H18N8O2. The van der Waals surface area contributed by atoms with Gasteiger partial charge >= 0.3 is 0 Å². The third-order valence-corrected chi connectivity index (χ3v) is 4.38. The zero-order valence-corrected chi connectivity index (χ0v) is 14.4. The molecule has 0 saturated carbocycles. The summed E-state index contributed by atoms with van der Waals surface area (Å²) in [6.45, 7) is 0.561. The Kier molecular flexibility index (Phi) is 4.38. The monoisotopic (exact) mass is 366 g/mol. The maximum atomic E-state index is 11.1. The lowest BCUT2D eigenvalue weighted by Crippen LogP contribution is -2.18. The quantitative estimate of drug-likeness (QED) is 0.230. The van der Waals surface area contributed by atoms with Gasteiger partial charge in [-0.05, 0) is 25.0 Å². The van der Waals surface area contributed by atoms with Crippen LogP contribution in [0.1, 0.15) is 19.3 Å². The predicted molar refractivity (Wildman–Crippen MR) is 98.6 cm³/mol. The average molecular weight is 366 g/mol. The van der Waals surface area contributed by atoms with E-state index in [-0.39, 0.29) is 6.42 Å². The summed E-state index contributed by atoms with van der Waals surface area (Å²) >= 11 is 0. The highest BCUT2D eigenvalue weighted by Gasteiger charge is 2.17. The molecule has 0 aliphatic rings. The minimum Gasteiger partial charge on any atom is -0.383 e. The molecule has 138 valence electrons. The molecule has 4 aromatic heterocycles. The van der Waals surface area contributed by atoms with Crippen LogP contribution < -0.4 is 11.2 Å². The van der Waals surface area contributed by atoms with Crippen molar-refractivity contribution in [1.29, 1.82) is 0 Å². The average Bonchev–Trinajstić information content (AvgIpc) is 3.29. The molecule has 4 aromatic rings. The normalized spacial score (nSPS) is 11.3. The topological polar surface area (TPSA) is 148 Å². The van der Waals surface area contributed by atoms with Crippen molar-refractivity contribution in [2.75, 3.05) is 5.73 Å². The van der Waals surface area contributed by atoms with E-state index in [0.29, 0.717) is 41.9 Å². The van der Waals surface area contributed by atoms with Crippen LogP contribution in [0.25, 0.3) is 33.3 Å². The first-order valence-corrected chi connectivity index (χ1v) is 8.51. The number of aryl methyl sites for hydroxylation is 1. The SMILES string of the molecule is Nc1ncnc2c1c(-c1cnc3[nH]ccc3c1)nn2CCCCC(=O)NO. The van der Waals surface area contributed by atoms with Gasteiger partial charge < -0.3 is 10.7 Å². The molecule has 0 radical (unpaired) electrons. The van der Waals surface area contributed by atoms with Crippen LogP contribution in [-0.4, -0.2) is 40.8 Å². The van der Waals surface area contributed by atoms with Crippen LogP contribution in [0.5, 0.6) is 0 Å². The smallest absolute Gasteiger partial charge is 0.243 e. The van der Waals surface area contributed by atoms with Crippen molar-refractivity contribution in [3.63, 3.8) is 0 Å². The summed E-state index contributed by atoms with van der Waals surface area (Å²) in [5, 5.41) is 14.9. The number of unbranched alkanes of at least 4 members (excludes halogenated alkanes) is 1. The molecule has 0 bridgehead atoms. The second kappa shape index (κ2) is 7.00. The Hall–Kier alpha value is -3.53. The number of aromatic nitrogens is 6. The number of hydrogen-bond acceptors (Lipinski definition) is 7. The summed E-state index contributed by atoms with van der Waals surface area (Å²) in [5.41, 5.74) is 10.7. The van der Waals surface area contributed by atoms with E-state index in [4.69, 9.17) is 10.9 Å². The van der Waals surface area contributed by atoms with Crippen LogP contribution in [0.4, 0.5) is 5.82 Å². The van der Waals surface area contributed by atoms with Crippen molar-refractivity contribution in [1.82, 2.24) is 35.2 Å². The second-order valence-electron chi connectivity index (χ2n) is 6.16. The molecule has 4 heterocycles. The van der Waals surface area contributed by atoms with Gasteiger partial charge in [-0.2, -0.15) is 5.10 Å². The van der Waals surface area contributed by atoms with Gasteiger partial charge in [0.1, 0.15) is 23.5 Å². The number of aromatic amines is 1. The first-order chi connectivity index (χ1) is 13.2. The van der Waals surface area contributed by atoms with E-state index >= 15 is 0 Å². The predicted octanol–water partition coefficient (Wildman–Crippen LogP) is 1.63. The third kappa shape index (κ3) is 3.17. The van der Waals surface area contributed by atoms with Crippen molar-refractivity contribution in [3.05, 3.63) is 30.9 Å². The van der Waals surface area contributed by atoms with Gasteiger partial charge in [0, 0.05) is 36.3 Å². The van der Waals surface area contributed by atoms with Gasteiger partial charge in [-0.3, -0.25) is 10.0 Å². The molecule has 0 unspecified atom stereocenters. The van der Waals surface area contributed by atoms with E-state index in [1.165, 1.54) is 6.33 Å². The maximum Gasteiger partial charge on any atom is 0.243 e. The standard InChI is InChI=1S/C17H18N8O2/c18-15-13-14(11-7-10-4-5-19-16(10)20-8-11)23-25(17(13)22-9-21-15)6-2-1-3-12(26)24-27/h4-5,7-9,27H,1-3,6H2,(H,19,20)(H,24,26)(H2,18,21,22). The number of hydroxylamine groups is 1. The number of carbonyl (C=O) groups is 1. The Morgan fingerprint density at radius 2 is 2.19 bits per heavy atom. The van der Waals surface area contributed by atoms with Gasteiger partial charge in [0.2, 0.25) is 5.91 Å². The number of amides is 1. The number of pyridine rings is 1. The number of nitrogens with two attached hydrogens (primary N) is 1. The van der Waals surface area contributed by atoms with E-state index in [1.807, 2.05) is 18.3 Å². The number of rotatable bonds is 6. The highest BCUT2D eigenvalue weighted by molar-refractivity contribution is 5.99. The van der Waals surface area contributed by atoms with Crippen LogP contribution in [0.15, 0.2) is 30.9 Å². The molecule has 0 fully saturated rings. The molecule has 4 rings (SSSR count). The van der Waals surface area contributed by atoms with Crippen molar-refractivity contribution in [2.45, 2.75) is 25.8 Å². The van der Waals surface area contributed by atoms with Crippen molar-refractivity contribution in [2.24, 2.45) is 0 Å². The van der Waals surface area contributed by atoms with Crippen LogP contribution in [0.2, 0.25) is 0 Å². The molecule has 1 amide bonds. The zero-order chi connectivity index (χ0) is 18.8. The maximum absolute atomic E-state index is 11.1. The first kappa shape index (κ1) is 16.9. The largest absolute Gasteiger partial charge is 0.383 e. The van der Waals surface area contributed by atoms with Crippen LogP contribution in [0.3, 0.4) is 0 Å². The lowest BCUT2D eigenvalue weighted by atomic mass is 10.1. The molecule has 5 N–H and O–H groups in total. The number of hydrogen-bond donors (Lipinski definition) is 4.